The Morgan fingerprint density at radius 1 is 1.26 bits per heavy atom. The van der Waals surface area contributed by atoms with E-state index in [0.29, 0.717) is 19.6 Å². The van der Waals surface area contributed by atoms with Gasteiger partial charge in [-0.1, -0.05) is 0 Å². The number of benzene rings is 1. The number of Topliss-reactive ketones (excluding diaryl/α,β-unsaturated/α-hetero) is 2. The molecule has 42 heavy (non-hydrogen) atoms. The van der Waals surface area contributed by atoms with Crippen molar-refractivity contribution in [2.45, 2.75) is 49.7 Å². The van der Waals surface area contributed by atoms with E-state index in [1.807, 2.05) is 0 Å². The number of fused-ring (bicyclic) bond motifs is 3. The van der Waals surface area contributed by atoms with E-state index in [9.17, 15) is 42.9 Å². The summed E-state index contributed by atoms with van der Waals surface area (Å²) in [5.74, 6) is -7.95. The maximum atomic E-state index is 14.6. The van der Waals surface area contributed by atoms with Crippen molar-refractivity contribution in [1.29, 1.82) is 0 Å². The van der Waals surface area contributed by atoms with Crippen LogP contribution >= 0.6 is 0 Å². The third-order valence-electron chi connectivity index (χ3n) is 8.89. The first-order chi connectivity index (χ1) is 19.7. The van der Waals surface area contributed by atoms with Crippen molar-refractivity contribution in [1.82, 2.24) is 10.2 Å². The maximum Gasteiger partial charge on any atom is 0.417 e. The first-order valence-electron chi connectivity index (χ1n) is 13.4. The van der Waals surface area contributed by atoms with E-state index in [2.05, 4.69) is 5.32 Å². The fourth-order valence-electron chi connectivity index (χ4n) is 7.15. The Kier molecular flexibility index (Phi) is 7.41. The molecule has 3 aliphatic carbocycles. The summed E-state index contributed by atoms with van der Waals surface area (Å²) in [6.45, 7) is 0.580. The number of aliphatic hydroxyl groups is 2. The summed E-state index contributed by atoms with van der Waals surface area (Å²) < 4.78 is 54.7. The minimum absolute atomic E-state index is 0.167. The number of ketones is 2. The van der Waals surface area contributed by atoms with Crippen LogP contribution in [0.5, 0.6) is 5.75 Å². The monoisotopic (exact) mass is 595 g/mol. The minimum Gasteiger partial charge on any atom is -0.508 e. The van der Waals surface area contributed by atoms with Crippen molar-refractivity contribution in [3.63, 3.8) is 0 Å². The summed E-state index contributed by atoms with van der Waals surface area (Å²) in [7, 11) is 4.08. The van der Waals surface area contributed by atoms with Gasteiger partial charge in [0.25, 0.3) is 5.91 Å². The lowest BCUT2D eigenvalue weighted by Crippen LogP contribution is -2.66. The topological polar surface area (TPSA) is 172 Å². The molecular weight excluding hydrogens is 563 g/mol. The van der Waals surface area contributed by atoms with Crippen LogP contribution in [0.4, 0.5) is 13.2 Å². The van der Waals surface area contributed by atoms with Gasteiger partial charge in [-0.3, -0.25) is 19.3 Å². The summed E-state index contributed by atoms with van der Waals surface area (Å²) in [6, 6.07) is -0.467. The Morgan fingerprint density at radius 2 is 1.95 bits per heavy atom. The number of primary amides is 1. The number of ether oxygens (including phenoxy) is 2. The Bertz CT molecular complexity index is 1430. The van der Waals surface area contributed by atoms with Crippen LogP contribution in [-0.2, 0) is 43.0 Å². The highest BCUT2D eigenvalue weighted by molar-refractivity contribution is 6.24. The van der Waals surface area contributed by atoms with Gasteiger partial charge in [0.2, 0.25) is 5.78 Å². The lowest BCUT2D eigenvalue weighted by atomic mass is 9.57. The molecule has 228 valence electrons. The van der Waals surface area contributed by atoms with E-state index in [0.717, 1.165) is 13.2 Å². The Labute approximate surface area is 238 Å². The van der Waals surface area contributed by atoms with E-state index < -0.39 is 87.5 Å². The molecule has 0 unspecified atom stereocenters. The third kappa shape index (κ3) is 4.31. The van der Waals surface area contributed by atoms with Crippen LogP contribution in [0, 0.1) is 11.8 Å². The van der Waals surface area contributed by atoms with E-state index in [1.165, 1.54) is 19.0 Å². The molecular formula is C28H32F3N3O8. The van der Waals surface area contributed by atoms with Gasteiger partial charge in [0.1, 0.15) is 22.8 Å². The zero-order chi connectivity index (χ0) is 30.9. The number of amides is 1. The Hall–Kier alpha value is -3.46. The van der Waals surface area contributed by atoms with Gasteiger partial charge in [0.15, 0.2) is 11.4 Å². The standard InChI is InChI=1S/C28H32F3N3O8/c1-34(2)21-15-7-11-6-14-18(16(35)8-12(20(14)28(29,30)31)9-33-13-4-5-42-10-13)22(36)17(11)24(38)27(15,41-3)25(39)19(23(21)37)26(32)40/h8,11,13,15,21,33,35-36,39H,4-7,9-10H2,1-3H3,(H2,32,40)/t11-,13+,15-,21-,27-/m0/s1. The molecule has 1 amide bonds. The molecule has 14 heteroatoms. The summed E-state index contributed by atoms with van der Waals surface area (Å²) in [5, 5.41) is 36.4. The van der Waals surface area contributed by atoms with Crippen LogP contribution in [0.1, 0.15) is 35.1 Å². The SMILES string of the molecule is CO[C@]12C(=O)C3=C(O)c4c(O)cc(CN[C@@H]5CCOC5)c(C(F)(F)F)c4C[C@H]3C[C@H]1[C@H](N(C)C)C(=O)C(C(N)=O)=C2O. The van der Waals surface area contributed by atoms with Crippen molar-refractivity contribution >= 4 is 23.2 Å². The fraction of sp³-hybridized carbons (Fsp3) is 0.536. The van der Waals surface area contributed by atoms with Gasteiger partial charge < -0.3 is 35.8 Å². The van der Waals surface area contributed by atoms with Gasteiger partial charge in [-0.05, 0) is 56.5 Å². The molecule has 2 fully saturated rings. The fourth-order valence-corrected chi connectivity index (χ4v) is 7.15. The number of nitrogens with zero attached hydrogens (tertiary/aromatic N) is 1. The smallest absolute Gasteiger partial charge is 0.417 e. The number of rotatable bonds is 6. The Morgan fingerprint density at radius 3 is 2.50 bits per heavy atom. The maximum absolute atomic E-state index is 14.6. The molecule has 5 rings (SSSR count). The number of hydrogen-bond donors (Lipinski definition) is 5. The van der Waals surface area contributed by atoms with Crippen molar-refractivity contribution in [3.05, 3.63) is 45.2 Å². The Balaban J connectivity index is 1.70. The summed E-state index contributed by atoms with van der Waals surface area (Å²) in [6.07, 6.45) is -4.84. The highest BCUT2D eigenvalue weighted by atomic mass is 19.4. The van der Waals surface area contributed by atoms with Crippen LogP contribution in [-0.4, -0.2) is 89.8 Å². The first-order valence-corrected chi connectivity index (χ1v) is 13.4. The highest BCUT2D eigenvalue weighted by Crippen LogP contribution is 2.55. The average molecular weight is 596 g/mol. The zero-order valence-electron chi connectivity index (χ0n) is 23.2. The van der Waals surface area contributed by atoms with Crippen LogP contribution < -0.4 is 11.1 Å². The molecule has 11 nitrogen and oxygen atoms in total. The number of phenols is 1. The highest BCUT2D eigenvalue weighted by Gasteiger charge is 2.65. The zero-order valence-corrected chi connectivity index (χ0v) is 23.2. The molecule has 1 aromatic rings. The quantitative estimate of drug-likeness (QED) is 0.304. The summed E-state index contributed by atoms with van der Waals surface area (Å²) >= 11 is 0. The molecule has 6 N–H and O–H groups in total. The predicted molar refractivity (Wildman–Crippen MR) is 140 cm³/mol. The van der Waals surface area contributed by atoms with Gasteiger partial charge >= 0.3 is 6.18 Å². The molecule has 0 radical (unpaired) electrons. The largest absolute Gasteiger partial charge is 0.508 e. The molecule has 1 aliphatic heterocycles. The van der Waals surface area contributed by atoms with Gasteiger partial charge in [0, 0.05) is 37.8 Å². The van der Waals surface area contributed by atoms with E-state index in [-0.39, 0.29) is 35.7 Å². The van der Waals surface area contributed by atoms with Crippen LogP contribution in [0.25, 0.3) is 5.76 Å². The van der Waals surface area contributed by atoms with E-state index >= 15 is 0 Å². The summed E-state index contributed by atoms with van der Waals surface area (Å²) in [5.41, 5.74) is -0.347. The van der Waals surface area contributed by atoms with Crippen molar-refractivity contribution in [2.24, 2.45) is 17.6 Å². The number of nitrogens with two attached hydrogens (primary N) is 1. The van der Waals surface area contributed by atoms with Gasteiger partial charge in [-0.15, -0.1) is 0 Å². The number of hydrogen-bond acceptors (Lipinski definition) is 10. The van der Waals surface area contributed by atoms with Gasteiger partial charge in [0.05, 0.1) is 23.8 Å². The van der Waals surface area contributed by atoms with Gasteiger partial charge in [-0.25, -0.2) is 0 Å². The number of carbonyl (C=O) groups excluding carboxylic acids is 3. The van der Waals surface area contributed by atoms with Gasteiger partial charge in [-0.2, -0.15) is 13.2 Å². The number of carbonyl (C=O) groups is 3. The normalized spacial score (nSPS) is 29.6. The number of aliphatic hydroxyl groups excluding tert-OH is 2. The molecule has 0 bridgehead atoms. The number of nitrogens with one attached hydrogen (secondary N) is 1. The average Bonchev–Trinajstić information content (AvgIpc) is 3.40. The molecule has 0 spiro atoms. The lowest BCUT2D eigenvalue weighted by molar-refractivity contribution is -0.159. The number of phenolic OH excluding ortho intramolecular Hbond substituents is 1. The minimum atomic E-state index is -4.88. The van der Waals surface area contributed by atoms with Crippen molar-refractivity contribution in [2.75, 3.05) is 34.4 Å². The number of likely N-dealkylation sites (N-methyl/N-ethyl adjacent to an activating group) is 1. The number of methoxy groups -OCH3 is 1. The molecule has 0 aromatic heterocycles. The number of aromatic hydroxyl groups is 1. The molecule has 1 aromatic carbocycles. The van der Waals surface area contributed by atoms with Crippen molar-refractivity contribution in [3.8, 4) is 5.75 Å². The molecule has 1 saturated heterocycles. The van der Waals surface area contributed by atoms with Crippen LogP contribution in [0.3, 0.4) is 0 Å². The third-order valence-corrected chi connectivity index (χ3v) is 8.89. The molecule has 5 atom stereocenters. The molecule has 4 aliphatic rings. The van der Waals surface area contributed by atoms with Crippen LogP contribution in [0.15, 0.2) is 23.0 Å². The lowest BCUT2D eigenvalue weighted by Gasteiger charge is -2.52. The second-order valence-corrected chi connectivity index (χ2v) is 11.4. The van der Waals surface area contributed by atoms with E-state index in [4.69, 9.17) is 15.2 Å². The van der Waals surface area contributed by atoms with E-state index in [1.54, 1.807) is 0 Å². The molecule has 1 heterocycles. The first kappa shape index (κ1) is 30.0. The molecule has 1 saturated carbocycles. The second-order valence-electron chi connectivity index (χ2n) is 11.4. The number of halogens is 3. The summed E-state index contributed by atoms with van der Waals surface area (Å²) in [4.78, 5) is 41.2. The second kappa shape index (κ2) is 10.4. The number of alkyl halides is 3. The van der Waals surface area contributed by atoms with Crippen molar-refractivity contribution < 1.29 is 52.3 Å². The predicted octanol–water partition coefficient (Wildman–Crippen LogP) is 1.52. The van der Waals surface area contributed by atoms with Crippen LogP contribution in [0.2, 0.25) is 0 Å².